The summed E-state index contributed by atoms with van der Waals surface area (Å²) in [5.41, 5.74) is 1.32. The zero-order valence-corrected chi connectivity index (χ0v) is 14.2. The van der Waals surface area contributed by atoms with Crippen LogP contribution in [0, 0.1) is 5.82 Å². The van der Waals surface area contributed by atoms with Crippen molar-refractivity contribution in [3.63, 3.8) is 0 Å². The van der Waals surface area contributed by atoms with Crippen molar-refractivity contribution in [1.82, 2.24) is 14.8 Å². The Labute approximate surface area is 146 Å². The van der Waals surface area contributed by atoms with Crippen LogP contribution in [0.5, 0.6) is 0 Å². The van der Waals surface area contributed by atoms with Crippen molar-refractivity contribution in [3.8, 4) is 10.6 Å². The molecule has 0 fully saturated rings. The van der Waals surface area contributed by atoms with Gasteiger partial charge in [-0.2, -0.15) is 5.10 Å². The molecule has 1 aromatic carbocycles. The summed E-state index contributed by atoms with van der Waals surface area (Å²) in [5, 5.41) is 11.3. The zero-order chi connectivity index (χ0) is 18.0. The second-order valence-corrected chi connectivity index (χ2v) is 6.13. The third-order valence-corrected chi connectivity index (χ3v) is 4.11. The maximum atomic E-state index is 13.9. The predicted molar refractivity (Wildman–Crippen MR) is 93.0 cm³/mol. The van der Waals surface area contributed by atoms with Crippen molar-refractivity contribution in [2.75, 3.05) is 10.6 Å². The van der Waals surface area contributed by atoms with E-state index in [2.05, 4.69) is 20.7 Å². The first-order valence-electron chi connectivity index (χ1n) is 7.25. The van der Waals surface area contributed by atoms with E-state index < -0.39 is 11.7 Å². The summed E-state index contributed by atoms with van der Waals surface area (Å²) in [5.74, 6) is -1.43. The summed E-state index contributed by atoms with van der Waals surface area (Å²) in [4.78, 5) is 27.6. The second kappa shape index (κ2) is 6.81. The van der Waals surface area contributed by atoms with Gasteiger partial charge < -0.3 is 10.6 Å². The minimum atomic E-state index is -0.606. The van der Waals surface area contributed by atoms with Gasteiger partial charge in [0.2, 0.25) is 5.91 Å². The Hall–Kier alpha value is -3.07. The van der Waals surface area contributed by atoms with Crippen LogP contribution in [0.2, 0.25) is 0 Å². The van der Waals surface area contributed by atoms with Gasteiger partial charge in [-0.3, -0.25) is 14.3 Å². The number of rotatable bonds is 4. The minimum Gasteiger partial charge on any atom is -0.326 e. The Balaban J connectivity index is 1.78. The lowest BCUT2D eigenvalue weighted by molar-refractivity contribution is -0.114. The Morgan fingerprint density at radius 1 is 1.28 bits per heavy atom. The maximum absolute atomic E-state index is 13.9. The van der Waals surface area contributed by atoms with Crippen molar-refractivity contribution in [1.29, 1.82) is 0 Å². The molecule has 7 nitrogen and oxygen atoms in total. The highest BCUT2D eigenvalue weighted by atomic mass is 32.1. The van der Waals surface area contributed by atoms with Gasteiger partial charge in [0.05, 0.1) is 11.9 Å². The molecule has 0 bridgehead atoms. The summed E-state index contributed by atoms with van der Waals surface area (Å²) < 4.78 is 15.5. The number of aromatic nitrogens is 3. The number of aryl methyl sites for hydroxylation is 1. The van der Waals surface area contributed by atoms with Crippen LogP contribution in [0.15, 0.2) is 36.0 Å². The van der Waals surface area contributed by atoms with E-state index in [-0.39, 0.29) is 17.3 Å². The van der Waals surface area contributed by atoms with Gasteiger partial charge in [0.1, 0.15) is 16.5 Å². The monoisotopic (exact) mass is 359 g/mol. The fourth-order valence-corrected chi connectivity index (χ4v) is 2.91. The lowest BCUT2D eigenvalue weighted by Gasteiger charge is -2.08. The molecule has 0 saturated carbocycles. The average molecular weight is 359 g/mol. The molecule has 0 saturated heterocycles. The molecule has 0 aliphatic carbocycles. The van der Waals surface area contributed by atoms with Gasteiger partial charge in [-0.25, -0.2) is 9.37 Å². The number of amides is 2. The molecule has 0 atom stereocenters. The SMILES string of the molecule is CC(=O)Nc1ccc(F)c(NC(=O)c2csc(-c3cnn(C)c3)n2)c1. The number of carbonyl (C=O) groups is 2. The van der Waals surface area contributed by atoms with Crippen molar-refractivity contribution < 1.29 is 14.0 Å². The molecule has 0 aliphatic rings. The van der Waals surface area contributed by atoms with Gasteiger partial charge in [0.25, 0.3) is 5.91 Å². The number of anilines is 2. The highest BCUT2D eigenvalue weighted by Gasteiger charge is 2.15. The van der Waals surface area contributed by atoms with Crippen LogP contribution in [-0.2, 0) is 11.8 Å². The smallest absolute Gasteiger partial charge is 0.275 e. The molecule has 25 heavy (non-hydrogen) atoms. The number of carbonyl (C=O) groups excluding carboxylic acids is 2. The van der Waals surface area contributed by atoms with Gasteiger partial charge >= 0.3 is 0 Å². The molecule has 2 amide bonds. The van der Waals surface area contributed by atoms with Crippen LogP contribution < -0.4 is 10.6 Å². The first kappa shape index (κ1) is 16.8. The van der Waals surface area contributed by atoms with Gasteiger partial charge in [0.15, 0.2) is 0 Å². The molecule has 128 valence electrons. The summed E-state index contributed by atoms with van der Waals surface area (Å²) in [6, 6.07) is 3.93. The van der Waals surface area contributed by atoms with Crippen LogP contribution in [0.3, 0.4) is 0 Å². The molecule has 0 spiro atoms. The number of nitrogens with zero attached hydrogens (tertiary/aromatic N) is 3. The molecule has 2 heterocycles. The summed E-state index contributed by atoms with van der Waals surface area (Å²) in [6.07, 6.45) is 3.44. The second-order valence-electron chi connectivity index (χ2n) is 5.27. The van der Waals surface area contributed by atoms with E-state index in [0.717, 1.165) is 5.56 Å². The summed E-state index contributed by atoms with van der Waals surface area (Å²) in [7, 11) is 1.79. The Morgan fingerprint density at radius 2 is 2.08 bits per heavy atom. The lowest BCUT2D eigenvalue weighted by atomic mass is 10.2. The van der Waals surface area contributed by atoms with Crippen molar-refractivity contribution in [2.45, 2.75) is 6.92 Å². The number of thiazole rings is 1. The summed E-state index contributed by atoms with van der Waals surface area (Å²) >= 11 is 1.29. The van der Waals surface area contributed by atoms with E-state index in [1.54, 1.807) is 29.5 Å². The van der Waals surface area contributed by atoms with E-state index >= 15 is 0 Å². The standard InChI is InChI=1S/C16H14FN5O2S/c1-9(23)19-11-3-4-12(17)13(5-11)20-15(24)14-8-25-16(21-14)10-6-18-22(2)7-10/h3-8H,1-2H3,(H,19,23)(H,20,24). The topological polar surface area (TPSA) is 88.9 Å². The normalized spacial score (nSPS) is 10.5. The molecule has 3 aromatic rings. The number of halogens is 1. The molecule has 0 radical (unpaired) electrons. The van der Waals surface area contributed by atoms with E-state index in [0.29, 0.717) is 10.7 Å². The van der Waals surface area contributed by atoms with Crippen molar-refractivity contribution in [2.24, 2.45) is 7.05 Å². The van der Waals surface area contributed by atoms with E-state index in [9.17, 15) is 14.0 Å². The van der Waals surface area contributed by atoms with Crippen molar-refractivity contribution in [3.05, 3.63) is 47.5 Å². The minimum absolute atomic E-state index is 0.0350. The van der Waals surface area contributed by atoms with Crippen LogP contribution in [0.4, 0.5) is 15.8 Å². The van der Waals surface area contributed by atoms with E-state index in [4.69, 9.17) is 0 Å². The van der Waals surface area contributed by atoms with Gasteiger partial charge in [-0.05, 0) is 18.2 Å². The molecular formula is C16H14FN5O2S. The van der Waals surface area contributed by atoms with Crippen LogP contribution >= 0.6 is 11.3 Å². The van der Waals surface area contributed by atoms with E-state index in [1.807, 2.05) is 0 Å². The Kier molecular flexibility index (Phi) is 4.57. The van der Waals surface area contributed by atoms with Gasteiger partial charge in [0, 0.05) is 36.8 Å². The Morgan fingerprint density at radius 3 is 2.76 bits per heavy atom. The third-order valence-electron chi connectivity index (χ3n) is 3.22. The van der Waals surface area contributed by atoms with E-state index in [1.165, 1.54) is 36.5 Å². The molecule has 2 N–H and O–H groups in total. The quantitative estimate of drug-likeness (QED) is 0.750. The number of hydrogen-bond acceptors (Lipinski definition) is 5. The molecule has 0 aliphatic heterocycles. The van der Waals surface area contributed by atoms with Crippen LogP contribution in [-0.4, -0.2) is 26.6 Å². The van der Waals surface area contributed by atoms with Crippen LogP contribution in [0.25, 0.3) is 10.6 Å². The number of nitrogens with one attached hydrogen (secondary N) is 2. The summed E-state index contributed by atoms with van der Waals surface area (Å²) in [6.45, 7) is 1.34. The highest BCUT2D eigenvalue weighted by molar-refractivity contribution is 7.13. The average Bonchev–Trinajstić information content (AvgIpc) is 3.18. The number of hydrogen-bond donors (Lipinski definition) is 2. The Bertz CT molecular complexity index is 950. The first-order chi connectivity index (χ1) is 11.9. The fourth-order valence-electron chi connectivity index (χ4n) is 2.13. The fraction of sp³-hybridized carbons (Fsp3) is 0.125. The van der Waals surface area contributed by atoms with Crippen molar-refractivity contribution >= 4 is 34.5 Å². The molecule has 0 unspecified atom stereocenters. The molecule has 3 rings (SSSR count). The first-order valence-corrected chi connectivity index (χ1v) is 8.13. The highest BCUT2D eigenvalue weighted by Crippen LogP contribution is 2.24. The lowest BCUT2D eigenvalue weighted by Crippen LogP contribution is -2.14. The van der Waals surface area contributed by atoms with Gasteiger partial charge in [-0.15, -0.1) is 11.3 Å². The maximum Gasteiger partial charge on any atom is 0.275 e. The molecule has 9 heteroatoms. The number of benzene rings is 1. The van der Waals surface area contributed by atoms with Crippen LogP contribution in [0.1, 0.15) is 17.4 Å². The molecular weight excluding hydrogens is 345 g/mol. The largest absolute Gasteiger partial charge is 0.326 e. The third kappa shape index (κ3) is 3.89. The zero-order valence-electron chi connectivity index (χ0n) is 13.4. The van der Waals surface area contributed by atoms with Gasteiger partial charge in [-0.1, -0.05) is 0 Å². The molecule has 2 aromatic heterocycles. The predicted octanol–water partition coefficient (Wildman–Crippen LogP) is 2.89.